The molecule has 1 N–H and O–H groups in total. The predicted octanol–water partition coefficient (Wildman–Crippen LogP) is 3.49. The Morgan fingerprint density at radius 2 is 2.00 bits per heavy atom. The summed E-state index contributed by atoms with van der Waals surface area (Å²) in [5.41, 5.74) is 1.62. The Kier molecular flexibility index (Phi) is 5.62. The van der Waals surface area contributed by atoms with E-state index in [0.717, 1.165) is 52.7 Å². The number of hydrogen-bond donors (Lipinski definition) is 1. The highest BCUT2D eigenvalue weighted by Gasteiger charge is 2.17. The number of thiophene rings is 1. The molecule has 3 aromatic heterocycles. The van der Waals surface area contributed by atoms with Gasteiger partial charge in [-0.3, -0.25) is 14.2 Å². The largest absolute Gasteiger partial charge is 0.355 e. The molecule has 8 heteroatoms. The minimum atomic E-state index is -0.138. The summed E-state index contributed by atoms with van der Waals surface area (Å²) in [5, 5.41) is 3.64. The summed E-state index contributed by atoms with van der Waals surface area (Å²) in [6, 6.07) is 3.71. The van der Waals surface area contributed by atoms with Gasteiger partial charge < -0.3 is 10.2 Å². The SMILES string of the molecule is Cc1sc2ncn(CCC(=O)Nc3cccnc3N3CCCCC3)c(=O)c2c1C. The number of aryl methyl sites for hydroxylation is 3. The first-order valence-corrected chi connectivity index (χ1v) is 10.8. The van der Waals surface area contributed by atoms with Crippen molar-refractivity contribution in [1.82, 2.24) is 14.5 Å². The Morgan fingerprint density at radius 1 is 1.21 bits per heavy atom. The molecule has 152 valence electrons. The lowest BCUT2D eigenvalue weighted by Crippen LogP contribution is -2.31. The molecule has 4 rings (SSSR count). The van der Waals surface area contributed by atoms with Crippen molar-refractivity contribution in [1.29, 1.82) is 0 Å². The van der Waals surface area contributed by atoms with Crippen LogP contribution in [0.2, 0.25) is 0 Å². The number of nitrogens with zero attached hydrogens (tertiary/aromatic N) is 4. The van der Waals surface area contributed by atoms with Crippen LogP contribution in [-0.2, 0) is 11.3 Å². The Bertz CT molecular complexity index is 1100. The normalized spacial score (nSPS) is 14.3. The number of fused-ring (bicyclic) bond motifs is 1. The molecule has 1 saturated heterocycles. The van der Waals surface area contributed by atoms with Crippen LogP contribution in [0.4, 0.5) is 11.5 Å². The molecule has 0 spiro atoms. The summed E-state index contributed by atoms with van der Waals surface area (Å²) >= 11 is 1.53. The fraction of sp³-hybridized carbons (Fsp3) is 0.429. The third kappa shape index (κ3) is 4.03. The first-order valence-electron chi connectivity index (χ1n) is 9.99. The number of hydrogen-bond acceptors (Lipinski definition) is 6. The molecular weight excluding hydrogens is 386 g/mol. The smallest absolute Gasteiger partial charge is 0.262 e. The monoisotopic (exact) mass is 411 g/mol. The number of rotatable bonds is 5. The first kappa shape index (κ1) is 19.6. The maximum absolute atomic E-state index is 12.8. The molecule has 0 atom stereocenters. The number of aromatic nitrogens is 3. The van der Waals surface area contributed by atoms with Gasteiger partial charge in [-0.2, -0.15) is 0 Å². The van der Waals surface area contributed by atoms with Crippen molar-refractivity contribution in [3.63, 3.8) is 0 Å². The van der Waals surface area contributed by atoms with Crippen LogP contribution < -0.4 is 15.8 Å². The lowest BCUT2D eigenvalue weighted by molar-refractivity contribution is -0.116. The molecule has 0 aromatic carbocycles. The maximum Gasteiger partial charge on any atom is 0.262 e. The Labute approximate surface area is 173 Å². The molecule has 1 aliphatic rings. The van der Waals surface area contributed by atoms with Crippen LogP contribution >= 0.6 is 11.3 Å². The standard InChI is InChI=1S/C21H25N5O2S/c1-14-15(2)29-20-18(14)21(28)26(13-23-20)12-8-17(27)24-16-7-6-9-22-19(16)25-10-4-3-5-11-25/h6-7,9,13H,3-5,8,10-12H2,1-2H3,(H,24,27). The van der Waals surface area contributed by atoms with E-state index < -0.39 is 0 Å². The topological polar surface area (TPSA) is 80.1 Å². The molecule has 1 fully saturated rings. The summed E-state index contributed by atoms with van der Waals surface area (Å²) in [5.74, 6) is 0.687. The number of piperidine rings is 1. The van der Waals surface area contributed by atoms with E-state index in [1.54, 1.807) is 6.20 Å². The van der Waals surface area contributed by atoms with Gasteiger partial charge in [-0.1, -0.05) is 0 Å². The highest BCUT2D eigenvalue weighted by atomic mass is 32.1. The van der Waals surface area contributed by atoms with Gasteiger partial charge in [0, 0.05) is 37.1 Å². The zero-order valence-corrected chi connectivity index (χ0v) is 17.6. The van der Waals surface area contributed by atoms with Gasteiger partial charge >= 0.3 is 0 Å². The van der Waals surface area contributed by atoms with Crippen molar-refractivity contribution < 1.29 is 4.79 Å². The van der Waals surface area contributed by atoms with Crippen LogP contribution in [0.25, 0.3) is 10.2 Å². The van der Waals surface area contributed by atoms with Gasteiger partial charge in [0.25, 0.3) is 5.56 Å². The lowest BCUT2D eigenvalue weighted by Gasteiger charge is -2.29. The van der Waals surface area contributed by atoms with Crippen LogP contribution in [0.1, 0.15) is 36.1 Å². The van der Waals surface area contributed by atoms with Gasteiger partial charge in [0.2, 0.25) is 5.91 Å². The quantitative estimate of drug-likeness (QED) is 0.695. The van der Waals surface area contributed by atoms with Gasteiger partial charge in [-0.15, -0.1) is 11.3 Å². The highest BCUT2D eigenvalue weighted by Crippen LogP contribution is 2.26. The molecule has 1 amide bonds. The molecule has 4 heterocycles. The van der Waals surface area contributed by atoms with E-state index in [-0.39, 0.29) is 17.9 Å². The minimum Gasteiger partial charge on any atom is -0.355 e. The van der Waals surface area contributed by atoms with Crippen molar-refractivity contribution in [2.75, 3.05) is 23.3 Å². The second-order valence-corrected chi connectivity index (χ2v) is 8.63. The second kappa shape index (κ2) is 8.32. The van der Waals surface area contributed by atoms with Crippen molar-refractivity contribution >= 4 is 39.0 Å². The Balaban J connectivity index is 1.46. The van der Waals surface area contributed by atoms with E-state index in [9.17, 15) is 9.59 Å². The third-order valence-electron chi connectivity index (χ3n) is 5.45. The van der Waals surface area contributed by atoms with E-state index in [0.29, 0.717) is 11.9 Å². The average molecular weight is 412 g/mol. The zero-order valence-electron chi connectivity index (χ0n) is 16.8. The second-order valence-electron chi connectivity index (χ2n) is 7.43. The van der Waals surface area contributed by atoms with Crippen LogP contribution in [0.3, 0.4) is 0 Å². The van der Waals surface area contributed by atoms with Crippen molar-refractivity contribution in [2.45, 2.75) is 46.1 Å². The van der Waals surface area contributed by atoms with E-state index in [4.69, 9.17) is 0 Å². The maximum atomic E-state index is 12.8. The van der Waals surface area contributed by atoms with E-state index in [1.807, 2.05) is 26.0 Å². The minimum absolute atomic E-state index is 0.0833. The molecule has 0 radical (unpaired) electrons. The van der Waals surface area contributed by atoms with Crippen LogP contribution in [-0.4, -0.2) is 33.5 Å². The molecule has 29 heavy (non-hydrogen) atoms. The number of pyridine rings is 1. The van der Waals surface area contributed by atoms with Crippen LogP contribution in [0, 0.1) is 13.8 Å². The highest BCUT2D eigenvalue weighted by molar-refractivity contribution is 7.18. The van der Waals surface area contributed by atoms with Crippen LogP contribution in [0.5, 0.6) is 0 Å². The predicted molar refractivity (Wildman–Crippen MR) is 117 cm³/mol. The molecule has 0 saturated carbocycles. The van der Waals surface area contributed by atoms with Gasteiger partial charge in [0.15, 0.2) is 5.82 Å². The van der Waals surface area contributed by atoms with E-state index in [2.05, 4.69) is 20.2 Å². The van der Waals surface area contributed by atoms with Gasteiger partial charge in [0.05, 0.1) is 17.4 Å². The van der Waals surface area contributed by atoms with Crippen molar-refractivity contribution in [3.05, 3.63) is 45.5 Å². The molecule has 7 nitrogen and oxygen atoms in total. The molecule has 0 unspecified atom stereocenters. The average Bonchev–Trinajstić information content (AvgIpc) is 3.03. The summed E-state index contributed by atoms with van der Waals surface area (Å²) < 4.78 is 1.52. The fourth-order valence-electron chi connectivity index (χ4n) is 3.72. The molecular formula is C21H25N5O2S. The number of amides is 1. The Morgan fingerprint density at radius 3 is 2.79 bits per heavy atom. The summed E-state index contributed by atoms with van der Waals surface area (Å²) in [7, 11) is 0. The summed E-state index contributed by atoms with van der Waals surface area (Å²) in [4.78, 5) is 38.3. The molecule has 0 bridgehead atoms. The van der Waals surface area contributed by atoms with Crippen molar-refractivity contribution in [2.24, 2.45) is 0 Å². The third-order valence-corrected chi connectivity index (χ3v) is 6.57. The molecule has 3 aromatic rings. The zero-order chi connectivity index (χ0) is 20.4. The summed E-state index contributed by atoms with van der Waals surface area (Å²) in [6.07, 6.45) is 7.01. The number of anilines is 2. The number of carbonyl (C=O) groups excluding carboxylic acids is 1. The van der Waals surface area contributed by atoms with Gasteiger partial charge in [-0.05, 0) is 50.8 Å². The molecule has 0 aliphatic carbocycles. The number of carbonyl (C=O) groups is 1. The fourth-order valence-corrected chi connectivity index (χ4v) is 4.70. The Hall–Kier alpha value is -2.74. The van der Waals surface area contributed by atoms with Gasteiger partial charge in [-0.25, -0.2) is 9.97 Å². The summed E-state index contributed by atoms with van der Waals surface area (Å²) in [6.45, 7) is 6.15. The van der Waals surface area contributed by atoms with E-state index >= 15 is 0 Å². The molecule has 1 aliphatic heterocycles. The first-order chi connectivity index (χ1) is 14.0. The van der Waals surface area contributed by atoms with Gasteiger partial charge in [0.1, 0.15) is 4.83 Å². The lowest BCUT2D eigenvalue weighted by atomic mass is 10.1. The number of nitrogens with one attached hydrogen (secondary N) is 1. The van der Waals surface area contributed by atoms with E-state index in [1.165, 1.54) is 28.7 Å². The van der Waals surface area contributed by atoms with Crippen molar-refractivity contribution in [3.8, 4) is 0 Å². The van der Waals surface area contributed by atoms with Crippen LogP contribution in [0.15, 0.2) is 29.5 Å².